The van der Waals surface area contributed by atoms with E-state index in [0.717, 1.165) is 19.4 Å². The fourth-order valence-electron chi connectivity index (χ4n) is 1.68. The lowest BCUT2D eigenvalue weighted by Crippen LogP contribution is -2.41. The molecule has 0 amide bonds. The van der Waals surface area contributed by atoms with Crippen LogP contribution in [-0.2, 0) is 10.8 Å². The zero-order valence-corrected chi connectivity index (χ0v) is 14.3. The predicted octanol–water partition coefficient (Wildman–Crippen LogP) is 2.32. The molecule has 0 atom stereocenters. The molecule has 0 aromatic heterocycles. The Balaban J connectivity index is 2.38. The van der Waals surface area contributed by atoms with Crippen molar-refractivity contribution >= 4 is 20.9 Å². The van der Waals surface area contributed by atoms with E-state index in [0.29, 0.717) is 5.46 Å². The van der Waals surface area contributed by atoms with Crippen LogP contribution in [0.25, 0.3) is 0 Å². The van der Waals surface area contributed by atoms with E-state index in [4.69, 9.17) is 14.5 Å². The first kappa shape index (κ1) is 17.4. The molecule has 0 fully saturated rings. The second kappa shape index (κ2) is 6.89. The molecule has 0 aliphatic rings. The Labute approximate surface area is 124 Å². The van der Waals surface area contributed by atoms with E-state index in [1.54, 1.807) is 12.1 Å². The highest BCUT2D eigenvalue weighted by Crippen LogP contribution is 2.36. The maximum atomic E-state index is 9.03. The van der Waals surface area contributed by atoms with Crippen molar-refractivity contribution < 1.29 is 14.5 Å². The average Bonchev–Trinajstić information content (AvgIpc) is 2.34. The summed E-state index contributed by atoms with van der Waals surface area (Å²) >= 11 is 0. The van der Waals surface area contributed by atoms with Crippen molar-refractivity contribution in [3.63, 3.8) is 0 Å². The van der Waals surface area contributed by atoms with Crippen LogP contribution in [0.15, 0.2) is 24.3 Å². The van der Waals surface area contributed by atoms with Crippen molar-refractivity contribution in [3.05, 3.63) is 29.8 Å². The van der Waals surface area contributed by atoms with Gasteiger partial charge in [-0.3, -0.25) is 0 Å². The monoisotopic (exact) mass is 294 g/mol. The van der Waals surface area contributed by atoms with Crippen molar-refractivity contribution in [1.29, 1.82) is 0 Å². The molecule has 2 N–H and O–H groups in total. The lowest BCUT2D eigenvalue weighted by atomic mass is 9.80. The van der Waals surface area contributed by atoms with Crippen LogP contribution in [0.4, 0.5) is 0 Å². The van der Waals surface area contributed by atoms with Crippen LogP contribution in [-0.4, -0.2) is 32.1 Å². The molecular weight excluding hydrogens is 267 g/mol. The summed E-state index contributed by atoms with van der Waals surface area (Å²) in [5.41, 5.74) is 1.74. The minimum Gasteiger partial charge on any atom is -0.423 e. The molecule has 0 unspecified atom stereocenters. The van der Waals surface area contributed by atoms with Gasteiger partial charge in [-0.1, -0.05) is 45.0 Å². The van der Waals surface area contributed by atoms with Gasteiger partial charge in [0.05, 0.1) is 0 Å². The summed E-state index contributed by atoms with van der Waals surface area (Å²) in [6.07, 6.45) is 1.95. The highest BCUT2D eigenvalue weighted by atomic mass is 28.4. The Morgan fingerprint density at radius 2 is 1.65 bits per heavy atom. The van der Waals surface area contributed by atoms with Gasteiger partial charge in [0.2, 0.25) is 0 Å². The van der Waals surface area contributed by atoms with Gasteiger partial charge in [0.1, 0.15) is 0 Å². The van der Waals surface area contributed by atoms with Crippen molar-refractivity contribution in [2.24, 2.45) is 0 Å². The maximum Gasteiger partial charge on any atom is 0.488 e. The quantitative estimate of drug-likeness (QED) is 0.625. The highest BCUT2D eigenvalue weighted by molar-refractivity contribution is 6.74. The Hall–Kier alpha value is -0.618. The van der Waals surface area contributed by atoms with Crippen molar-refractivity contribution in [1.82, 2.24) is 0 Å². The molecule has 0 saturated heterocycles. The summed E-state index contributed by atoms with van der Waals surface area (Å²) in [5, 5.41) is 18.3. The molecule has 0 saturated carbocycles. The normalized spacial score (nSPS) is 12.6. The number of aryl methyl sites for hydroxylation is 1. The lowest BCUT2D eigenvalue weighted by Gasteiger charge is -2.36. The van der Waals surface area contributed by atoms with Gasteiger partial charge in [-0.05, 0) is 42.0 Å². The van der Waals surface area contributed by atoms with E-state index in [1.807, 2.05) is 12.1 Å². The lowest BCUT2D eigenvalue weighted by molar-refractivity contribution is 0.282. The van der Waals surface area contributed by atoms with Crippen molar-refractivity contribution in [2.75, 3.05) is 6.61 Å². The van der Waals surface area contributed by atoms with E-state index in [-0.39, 0.29) is 5.04 Å². The second-order valence-electron chi connectivity index (χ2n) is 6.83. The van der Waals surface area contributed by atoms with Gasteiger partial charge in [-0.15, -0.1) is 0 Å². The van der Waals surface area contributed by atoms with Crippen LogP contribution in [0.2, 0.25) is 18.1 Å². The standard InChI is InChI=1S/C15H27BO3Si/c1-15(2,3)20(4,5)19-12-6-7-13-8-10-14(11-9-13)16(17)18/h8-11,17-18H,6-7,12H2,1-5H3. The molecule has 112 valence electrons. The third kappa shape index (κ3) is 5.05. The van der Waals surface area contributed by atoms with Gasteiger partial charge in [-0.2, -0.15) is 0 Å². The molecule has 0 radical (unpaired) electrons. The molecule has 0 heterocycles. The highest BCUT2D eigenvalue weighted by Gasteiger charge is 2.36. The Morgan fingerprint density at radius 3 is 2.10 bits per heavy atom. The Kier molecular flexibility index (Phi) is 6.01. The summed E-state index contributed by atoms with van der Waals surface area (Å²) < 4.78 is 6.14. The number of rotatable bonds is 6. The summed E-state index contributed by atoms with van der Waals surface area (Å²) in [4.78, 5) is 0. The molecule has 0 spiro atoms. The van der Waals surface area contributed by atoms with Crippen LogP contribution in [0.1, 0.15) is 32.8 Å². The Bertz CT molecular complexity index is 410. The minimum absolute atomic E-state index is 0.256. The Morgan fingerprint density at radius 1 is 1.10 bits per heavy atom. The van der Waals surface area contributed by atoms with Crippen LogP contribution in [0.3, 0.4) is 0 Å². The predicted molar refractivity (Wildman–Crippen MR) is 87.7 cm³/mol. The van der Waals surface area contributed by atoms with Crippen molar-refractivity contribution in [2.45, 2.75) is 51.7 Å². The molecule has 1 aromatic carbocycles. The fraction of sp³-hybridized carbons (Fsp3) is 0.600. The SMILES string of the molecule is CC(C)(C)[Si](C)(C)OCCCc1ccc(B(O)O)cc1. The van der Waals surface area contributed by atoms with Crippen LogP contribution < -0.4 is 5.46 Å². The molecular formula is C15H27BO3Si. The van der Waals surface area contributed by atoms with E-state index in [9.17, 15) is 0 Å². The molecule has 0 aliphatic carbocycles. The van der Waals surface area contributed by atoms with Gasteiger partial charge >= 0.3 is 7.12 Å². The van der Waals surface area contributed by atoms with Gasteiger partial charge < -0.3 is 14.5 Å². The molecule has 5 heteroatoms. The second-order valence-corrected chi connectivity index (χ2v) is 11.6. The van der Waals surface area contributed by atoms with E-state index in [2.05, 4.69) is 33.9 Å². The van der Waals surface area contributed by atoms with Gasteiger partial charge in [-0.25, -0.2) is 0 Å². The molecule has 0 bridgehead atoms. The minimum atomic E-state index is -1.63. The smallest absolute Gasteiger partial charge is 0.423 e. The first-order chi connectivity index (χ1) is 9.13. The molecule has 3 nitrogen and oxygen atoms in total. The summed E-state index contributed by atoms with van der Waals surface area (Å²) in [6.45, 7) is 12.1. The van der Waals surface area contributed by atoms with Gasteiger partial charge in [0, 0.05) is 6.61 Å². The molecule has 20 heavy (non-hydrogen) atoms. The molecule has 0 aliphatic heterocycles. The topological polar surface area (TPSA) is 49.7 Å². The van der Waals surface area contributed by atoms with Gasteiger partial charge in [0.25, 0.3) is 0 Å². The van der Waals surface area contributed by atoms with Crippen LogP contribution in [0.5, 0.6) is 0 Å². The number of benzene rings is 1. The summed E-state index contributed by atoms with van der Waals surface area (Å²) in [6, 6.07) is 7.41. The largest absolute Gasteiger partial charge is 0.488 e. The number of hydrogen-bond donors (Lipinski definition) is 2. The summed E-state index contributed by atoms with van der Waals surface area (Å²) in [7, 11) is -3.02. The molecule has 1 aromatic rings. The zero-order chi connectivity index (χ0) is 15.4. The van der Waals surface area contributed by atoms with E-state index < -0.39 is 15.4 Å². The maximum absolute atomic E-state index is 9.03. The van der Waals surface area contributed by atoms with Gasteiger partial charge in [0.15, 0.2) is 8.32 Å². The van der Waals surface area contributed by atoms with Crippen LogP contribution in [0, 0.1) is 0 Å². The first-order valence-corrected chi connectivity index (χ1v) is 10.1. The first-order valence-electron chi connectivity index (χ1n) is 7.22. The fourth-order valence-corrected chi connectivity index (χ4v) is 2.76. The third-order valence-electron chi connectivity index (χ3n) is 4.16. The average molecular weight is 294 g/mol. The number of hydrogen-bond acceptors (Lipinski definition) is 3. The van der Waals surface area contributed by atoms with E-state index in [1.165, 1.54) is 5.56 Å². The van der Waals surface area contributed by atoms with E-state index >= 15 is 0 Å². The summed E-state index contributed by atoms with van der Waals surface area (Å²) in [5.74, 6) is 0. The van der Waals surface area contributed by atoms with Crippen LogP contribution >= 0.6 is 0 Å². The molecule has 1 rings (SSSR count). The zero-order valence-electron chi connectivity index (χ0n) is 13.3. The van der Waals surface area contributed by atoms with Crippen molar-refractivity contribution in [3.8, 4) is 0 Å². The third-order valence-corrected chi connectivity index (χ3v) is 8.69.